The molecule has 1 radical (unpaired) electrons. The van der Waals surface area contributed by atoms with Gasteiger partial charge in [-0.2, -0.15) is 0 Å². The number of nitrogens with one attached hydrogen (secondary N) is 1. The van der Waals surface area contributed by atoms with E-state index >= 15 is 0 Å². The number of hydrogen-bond donors (Lipinski definition) is 0. The highest BCUT2D eigenvalue weighted by molar-refractivity contribution is 5.59. The van der Waals surface area contributed by atoms with E-state index in [4.69, 9.17) is 10.5 Å². The Morgan fingerprint density at radius 2 is 2.09 bits per heavy atom. The number of hydrogen-bond acceptors (Lipinski definition) is 1. The topological polar surface area (TPSA) is 33.0 Å². The van der Waals surface area contributed by atoms with Crippen LogP contribution in [-0.2, 0) is 0 Å². The molecule has 2 heteroatoms. The molecule has 1 aromatic carbocycles. The van der Waals surface area contributed by atoms with Gasteiger partial charge in [0.1, 0.15) is 5.75 Å². The summed E-state index contributed by atoms with van der Waals surface area (Å²) in [6, 6.07) is 7.71. The van der Waals surface area contributed by atoms with E-state index in [1.54, 1.807) is 6.08 Å². The average Bonchev–Trinajstić information content (AvgIpc) is 2.04. The Balaban J connectivity index is 2.46. The third-order valence-electron chi connectivity index (χ3n) is 1.62. The summed E-state index contributed by atoms with van der Waals surface area (Å²) < 4.78 is 5.21. The molecular weight excluding hydrogens is 138 g/mol. The van der Waals surface area contributed by atoms with Crippen molar-refractivity contribution in [1.82, 2.24) is 5.73 Å². The van der Waals surface area contributed by atoms with Gasteiger partial charge in [0.25, 0.3) is 0 Å². The van der Waals surface area contributed by atoms with Gasteiger partial charge in [0.15, 0.2) is 6.23 Å². The summed E-state index contributed by atoms with van der Waals surface area (Å²) >= 11 is 0. The number of para-hydroxylation sites is 1. The molecule has 0 saturated heterocycles. The minimum Gasteiger partial charge on any atom is -0.470 e. The van der Waals surface area contributed by atoms with E-state index in [1.807, 2.05) is 30.3 Å². The highest BCUT2D eigenvalue weighted by atomic mass is 16.5. The van der Waals surface area contributed by atoms with Crippen molar-refractivity contribution in [3.63, 3.8) is 0 Å². The molecule has 1 aliphatic rings. The van der Waals surface area contributed by atoms with Gasteiger partial charge in [-0.1, -0.05) is 24.3 Å². The smallest absolute Gasteiger partial charge is 0.182 e. The van der Waals surface area contributed by atoms with Crippen LogP contribution >= 0.6 is 0 Å². The molecule has 1 unspecified atom stereocenters. The summed E-state index contributed by atoms with van der Waals surface area (Å²) in [6.07, 6.45) is 3.10. The maximum atomic E-state index is 7.29. The molecule has 1 N–H and O–H groups in total. The van der Waals surface area contributed by atoms with Crippen molar-refractivity contribution in [2.45, 2.75) is 6.23 Å². The quantitative estimate of drug-likeness (QED) is 0.548. The van der Waals surface area contributed by atoms with Crippen LogP contribution in [0.3, 0.4) is 0 Å². The number of benzene rings is 1. The van der Waals surface area contributed by atoms with Crippen molar-refractivity contribution in [3.05, 3.63) is 35.9 Å². The lowest BCUT2D eigenvalue weighted by Gasteiger charge is -2.16. The molecule has 1 heterocycles. The third-order valence-corrected chi connectivity index (χ3v) is 1.62. The minimum atomic E-state index is -0.537. The molecule has 0 aromatic heterocycles. The summed E-state index contributed by atoms with van der Waals surface area (Å²) in [5.41, 5.74) is 8.35. The first-order chi connectivity index (χ1) is 5.36. The summed E-state index contributed by atoms with van der Waals surface area (Å²) in [6.45, 7) is 0. The van der Waals surface area contributed by atoms with E-state index in [0.717, 1.165) is 11.3 Å². The van der Waals surface area contributed by atoms with E-state index in [9.17, 15) is 0 Å². The zero-order valence-corrected chi connectivity index (χ0v) is 5.95. The van der Waals surface area contributed by atoms with E-state index in [2.05, 4.69) is 0 Å². The van der Waals surface area contributed by atoms with Gasteiger partial charge in [0.05, 0.1) is 0 Å². The van der Waals surface area contributed by atoms with Gasteiger partial charge in [0, 0.05) is 5.56 Å². The van der Waals surface area contributed by atoms with Crippen LogP contribution in [0.4, 0.5) is 0 Å². The molecule has 1 aromatic rings. The Bertz CT molecular complexity index is 293. The molecule has 0 fully saturated rings. The molecular formula is C9H8NO. The molecule has 0 spiro atoms. The molecule has 0 amide bonds. The fourth-order valence-corrected chi connectivity index (χ4v) is 1.09. The molecule has 1 aliphatic heterocycles. The standard InChI is InChI=1S/C9H8NO/c10-9-6-5-7-3-1-2-4-8(7)11-9/h1-6,9-10H. The highest BCUT2D eigenvalue weighted by Crippen LogP contribution is 2.23. The maximum absolute atomic E-state index is 7.29. The van der Waals surface area contributed by atoms with Gasteiger partial charge in [-0.3, -0.25) is 0 Å². The first-order valence-electron chi connectivity index (χ1n) is 3.51. The van der Waals surface area contributed by atoms with Crippen molar-refractivity contribution in [2.24, 2.45) is 0 Å². The number of rotatable bonds is 0. The molecule has 0 saturated carbocycles. The van der Waals surface area contributed by atoms with Gasteiger partial charge in [-0.25, -0.2) is 5.73 Å². The van der Waals surface area contributed by atoms with Crippen molar-refractivity contribution < 1.29 is 4.74 Å². The summed E-state index contributed by atoms with van der Waals surface area (Å²) in [4.78, 5) is 0. The van der Waals surface area contributed by atoms with Crippen LogP contribution in [0.25, 0.3) is 6.08 Å². The fraction of sp³-hybridized carbons (Fsp3) is 0.111. The van der Waals surface area contributed by atoms with Gasteiger partial charge >= 0.3 is 0 Å². The van der Waals surface area contributed by atoms with Crippen LogP contribution < -0.4 is 10.5 Å². The summed E-state index contributed by atoms with van der Waals surface area (Å²) in [5.74, 6) is 0.801. The normalized spacial score (nSPS) is 20.6. The van der Waals surface area contributed by atoms with Crippen molar-refractivity contribution in [1.29, 1.82) is 0 Å². The lowest BCUT2D eigenvalue weighted by molar-refractivity contribution is 0.246. The lowest BCUT2D eigenvalue weighted by Crippen LogP contribution is -2.17. The number of ether oxygens (including phenoxy) is 1. The predicted octanol–water partition coefficient (Wildman–Crippen LogP) is 1.70. The molecule has 2 nitrogen and oxygen atoms in total. The minimum absolute atomic E-state index is 0.537. The molecule has 0 aliphatic carbocycles. The second-order valence-corrected chi connectivity index (χ2v) is 2.44. The second kappa shape index (κ2) is 2.40. The van der Waals surface area contributed by atoms with E-state index in [1.165, 1.54) is 0 Å². The summed E-state index contributed by atoms with van der Waals surface area (Å²) in [7, 11) is 0. The van der Waals surface area contributed by atoms with Crippen LogP contribution in [0, 0.1) is 0 Å². The Kier molecular flexibility index (Phi) is 1.40. The molecule has 0 bridgehead atoms. The number of fused-ring (bicyclic) bond motifs is 1. The Labute approximate surface area is 65.3 Å². The molecule has 2 rings (SSSR count). The van der Waals surface area contributed by atoms with Gasteiger partial charge in [-0.15, -0.1) is 0 Å². The fourth-order valence-electron chi connectivity index (χ4n) is 1.09. The van der Waals surface area contributed by atoms with Crippen LogP contribution in [0.2, 0.25) is 0 Å². The van der Waals surface area contributed by atoms with Gasteiger partial charge in [-0.05, 0) is 12.1 Å². The van der Waals surface area contributed by atoms with Crippen molar-refractivity contribution >= 4 is 6.08 Å². The second-order valence-electron chi connectivity index (χ2n) is 2.44. The zero-order valence-electron chi connectivity index (χ0n) is 5.95. The first kappa shape index (κ1) is 6.43. The maximum Gasteiger partial charge on any atom is 0.182 e. The SMILES string of the molecule is [NH]C1C=Cc2ccccc2O1. The highest BCUT2D eigenvalue weighted by Gasteiger charge is 2.08. The van der Waals surface area contributed by atoms with Gasteiger partial charge in [0.2, 0.25) is 0 Å². The van der Waals surface area contributed by atoms with Crippen LogP contribution in [0.1, 0.15) is 5.56 Å². The van der Waals surface area contributed by atoms with Crippen molar-refractivity contribution in [3.8, 4) is 5.75 Å². The lowest BCUT2D eigenvalue weighted by atomic mass is 10.1. The third kappa shape index (κ3) is 1.12. The van der Waals surface area contributed by atoms with Crippen molar-refractivity contribution in [2.75, 3.05) is 0 Å². The Morgan fingerprint density at radius 3 is 3.00 bits per heavy atom. The van der Waals surface area contributed by atoms with E-state index in [-0.39, 0.29) is 0 Å². The van der Waals surface area contributed by atoms with Gasteiger partial charge < -0.3 is 4.74 Å². The molecule has 1 atom stereocenters. The molecule has 11 heavy (non-hydrogen) atoms. The van der Waals surface area contributed by atoms with Crippen LogP contribution in [0.15, 0.2) is 30.3 Å². The summed E-state index contributed by atoms with van der Waals surface area (Å²) in [5, 5.41) is 0. The molecule has 55 valence electrons. The average molecular weight is 146 g/mol. The van der Waals surface area contributed by atoms with Crippen LogP contribution in [0.5, 0.6) is 5.75 Å². The monoisotopic (exact) mass is 146 g/mol. The zero-order chi connectivity index (χ0) is 7.68. The predicted molar refractivity (Wildman–Crippen MR) is 43.0 cm³/mol. The first-order valence-corrected chi connectivity index (χ1v) is 3.51. The Morgan fingerprint density at radius 1 is 1.27 bits per heavy atom. The van der Waals surface area contributed by atoms with Crippen LogP contribution in [-0.4, -0.2) is 6.23 Å². The van der Waals surface area contributed by atoms with E-state index < -0.39 is 6.23 Å². The van der Waals surface area contributed by atoms with E-state index in [0.29, 0.717) is 0 Å². The Hall–Kier alpha value is -1.28. The largest absolute Gasteiger partial charge is 0.470 e.